The zero-order valence-corrected chi connectivity index (χ0v) is 15.6. The van der Waals surface area contributed by atoms with Crippen molar-refractivity contribution < 1.29 is 17.6 Å². The van der Waals surface area contributed by atoms with Crippen LogP contribution in [0.5, 0.6) is 0 Å². The molecule has 7 nitrogen and oxygen atoms in total. The first-order valence-electron chi connectivity index (χ1n) is 7.86. The lowest BCUT2D eigenvalue weighted by atomic mass is 9.97. The minimum Gasteiger partial charge on any atom is -0.445 e. The van der Waals surface area contributed by atoms with E-state index in [1.54, 1.807) is 0 Å². The van der Waals surface area contributed by atoms with Crippen LogP contribution in [-0.4, -0.2) is 19.3 Å². The second-order valence-corrected chi connectivity index (χ2v) is 8.46. The van der Waals surface area contributed by atoms with Gasteiger partial charge in [0, 0.05) is 23.9 Å². The molecule has 25 heavy (non-hydrogen) atoms. The molecule has 0 atom stereocenters. The van der Waals surface area contributed by atoms with Gasteiger partial charge in [-0.2, -0.15) is 0 Å². The number of oxazole rings is 1. The van der Waals surface area contributed by atoms with E-state index < -0.39 is 10.0 Å². The first kappa shape index (κ1) is 19.1. The normalized spacial score (nSPS) is 12.2. The largest absolute Gasteiger partial charge is 0.445 e. The molecule has 0 aliphatic heterocycles. The summed E-state index contributed by atoms with van der Waals surface area (Å²) in [5.74, 6) is 1.15. The molecule has 0 aliphatic rings. The topological polar surface area (TPSA) is 115 Å². The second kappa shape index (κ2) is 6.97. The molecule has 0 unspecified atom stereocenters. The number of hydrogen-bond acceptors (Lipinski definition) is 5. The van der Waals surface area contributed by atoms with Gasteiger partial charge in [-0.15, -0.1) is 0 Å². The van der Waals surface area contributed by atoms with Gasteiger partial charge in [0.15, 0.2) is 5.89 Å². The average molecular weight is 365 g/mol. The summed E-state index contributed by atoms with van der Waals surface area (Å²) >= 11 is 0. The summed E-state index contributed by atoms with van der Waals surface area (Å²) in [6, 6.07) is 5.69. The third kappa shape index (κ3) is 5.14. The number of nitrogens with two attached hydrogens (primary N) is 1. The van der Waals surface area contributed by atoms with Gasteiger partial charge in [-0.05, 0) is 31.2 Å². The number of rotatable bonds is 5. The van der Waals surface area contributed by atoms with Crippen LogP contribution in [0.25, 0.3) is 0 Å². The highest BCUT2D eigenvalue weighted by Crippen LogP contribution is 2.24. The van der Waals surface area contributed by atoms with Crippen LogP contribution in [0.1, 0.15) is 44.5 Å². The van der Waals surface area contributed by atoms with Crippen molar-refractivity contribution in [2.75, 3.05) is 5.32 Å². The maximum Gasteiger partial charge on any atom is 0.238 e. The lowest BCUT2D eigenvalue weighted by molar-refractivity contribution is -0.116. The van der Waals surface area contributed by atoms with Gasteiger partial charge in [-0.1, -0.05) is 20.8 Å². The Morgan fingerprint density at radius 2 is 1.84 bits per heavy atom. The number of amides is 1. The Morgan fingerprint density at radius 3 is 2.32 bits per heavy atom. The monoisotopic (exact) mass is 365 g/mol. The first-order chi connectivity index (χ1) is 11.5. The number of primary sulfonamides is 1. The number of nitrogens with zero attached hydrogens (tertiary/aromatic N) is 1. The van der Waals surface area contributed by atoms with E-state index in [-0.39, 0.29) is 22.6 Å². The predicted octanol–water partition coefficient (Wildman–Crippen LogP) is 2.50. The summed E-state index contributed by atoms with van der Waals surface area (Å²) < 4.78 is 28.2. The van der Waals surface area contributed by atoms with Crippen LogP contribution in [0.15, 0.2) is 33.6 Å². The van der Waals surface area contributed by atoms with Crippen molar-refractivity contribution in [3.63, 3.8) is 0 Å². The average Bonchev–Trinajstić information content (AvgIpc) is 2.86. The maximum atomic E-state index is 12.1. The number of aromatic nitrogens is 1. The lowest BCUT2D eigenvalue weighted by Gasteiger charge is -2.12. The van der Waals surface area contributed by atoms with Gasteiger partial charge < -0.3 is 9.73 Å². The quantitative estimate of drug-likeness (QED) is 0.844. The Hall–Kier alpha value is -2.19. The number of anilines is 1. The Bertz CT molecular complexity index is 862. The molecular formula is C17H23N3O4S. The Morgan fingerprint density at radius 1 is 1.24 bits per heavy atom. The molecule has 1 aromatic heterocycles. The smallest absolute Gasteiger partial charge is 0.238 e. The molecule has 2 aromatic rings. The number of benzene rings is 1. The third-order valence-corrected chi connectivity index (χ3v) is 4.51. The molecule has 1 aromatic carbocycles. The summed E-state index contributed by atoms with van der Waals surface area (Å²) in [6.07, 6.45) is 0.673. The van der Waals surface area contributed by atoms with Gasteiger partial charge in [0.2, 0.25) is 15.9 Å². The van der Waals surface area contributed by atoms with Crippen molar-refractivity contribution in [3.8, 4) is 0 Å². The molecule has 0 fully saturated rings. The standard InChI is InChI=1S/C17H23N3O4S/c1-11-14(24-16(19-11)17(2,3)4)9-10-15(21)20-12-5-7-13(8-6-12)25(18,22)23/h5-8H,9-10H2,1-4H3,(H,20,21)(H2,18,22,23). The van der Waals surface area contributed by atoms with E-state index in [2.05, 4.69) is 10.3 Å². The van der Waals surface area contributed by atoms with Crippen molar-refractivity contribution in [1.29, 1.82) is 0 Å². The minimum atomic E-state index is -3.74. The molecule has 0 saturated heterocycles. The molecule has 1 heterocycles. The zero-order valence-electron chi connectivity index (χ0n) is 14.8. The van der Waals surface area contributed by atoms with Gasteiger partial charge in [-0.25, -0.2) is 18.5 Å². The lowest BCUT2D eigenvalue weighted by Crippen LogP contribution is -2.14. The van der Waals surface area contributed by atoms with E-state index in [1.807, 2.05) is 27.7 Å². The van der Waals surface area contributed by atoms with E-state index in [4.69, 9.17) is 9.56 Å². The summed E-state index contributed by atoms with van der Waals surface area (Å²) in [7, 11) is -3.74. The Balaban J connectivity index is 1.96. The van der Waals surface area contributed by atoms with Gasteiger partial charge in [-0.3, -0.25) is 4.79 Å². The van der Waals surface area contributed by atoms with Crippen molar-refractivity contribution in [1.82, 2.24) is 4.98 Å². The fourth-order valence-corrected chi connectivity index (χ4v) is 2.67. The van der Waals surface area contributed by atoms with E-state index in [9.17, 15) is 13.2 Å². The number of aryl methyl sites for hydroxylation is 2. The molecule has 8 heteroatoms. The van der Waals surface area contributed by atoms with Gasteiger partial charge in [0.05, 0.1) is 10.6 Å². The molecule has 136 valence electrons. The molecule has 0 aliphatic carbocycles. The van der Waals surface area contributed by atoms with Gasteiger partial charge in [0.1, 0.15) is 5.76 Å². The Labute approximate surface area is 147 Å². The number of carbonyl (C=O) groups excluding carboxylic acids is 1. The zero-order chi connectivity index (χ0) is 18.8. The first-order valence-corrected chi connectivity index (χ1v) is 9.41. The SMILES string of the molecule is Cc1nc(C(C)(C)C)oc1CCC(=O)Nc1ccc(S(N)(=O)=O)cc1. The van der Waals surface area contributed by atoms with Crippen LogP contribution in [0.3, 0.4) is 0 Å². The molecule has 3 N–H and O–H groups in total. The van der Waals surface area contributed by atoms with Crippen molar-refractivity contribution in [2.45, 2.75) is 50.8 Å². The molecule has 0 saturated carbocycles. The van der Waals surface area contributed by atoms with Crippen LogP contribution in [0.4, 0.5) is 5.69 Å². The van der Waals surface area contributed by atoms with E-state index >= 15 is 0 Å². The van der Waals surface area contributed by atoms with Crippen molar-refractivity contribution in [2.24, 2.45) is 5.14 Å². The van der Waals surface area contributed by atoms with Crippen LogP contribution in [0, 0.1) is 6.92 Å². The molecule has 0 radical (unpaired) electrons. The molecular weight excluding hydrogens is 342 g/mol. The second-order valence-electron chi connectivity index (χ2n) is 6.90. The summed E-state index contributed by atoms with van der Waals surface area (Å²) in [5.41, 5.74) is 1.10. The van der Waals surface area contributed by atoms with Gasteiger partial charge >= 0.3 is 0 Å². The number of hydrogen-bond donors (Lipinski definition) is 2. The highest BCUT2D eigenvalue weighted by molar-refractivity contribution is 7.89. The minimum absolute atomic E-state index is 0.00232. The van der Waals surface area contributed by atoms with Crippen LogP contribution >= 0.6 is 0 Å². The molecule has 0 bridgehead atoms. The maximum absolute atomic E-state index is 12.1. The number of sulfonamides is 1. The molecule has 2 rings (SSSR count). The van der Waals surface area contributed by atoms with Crippen LogP contribution in [-0.2, 0) is 26.7 Å². The van der Waals surface area contributed by atoms with Crippen molar-refractivity contribution >= 4 is 21.6 Å². The van der Waals surface area contributed by atoms with E-state index in [0.717, 1.165) is 5.69 Å². The Kier molecular flexibility index (Phi) is 5.34. The third-order valence-electron chi connectivity index (χ3n) is 3.58. The number of carbonyl (C=O) groups is 1. The predicted molar refractivity (Wildman–Crippen MR) is 94.7 cm³/mol. The number of nitrogens with one attached hydrogen (secondary N) is 1. The summed E-state index contributed by atoms with van der Waals surface area (Å²) in [5, 5.41) is 7.75. The van der Waals surface area contributed by atoms with Crippen LogP contribution < -0.4 is 10.5 Å². The van der Waals surface area contributed by atoms with E-state index in [1.165, 1.54) is 24.3 Å². The van der Waals surface area contributed by atoms with Gasteiger partial charge in [0.25, 0.3) is 0 Å². The highest BCUT2D eigenvalue weighted by atomic mass is 32.2. The summed E-state index contributed by atoms with van der Waals surface area (Å²) in [4.78, 5) is 16.5. The molecule has 1 amide bonds. The fraction of sp³-hybridized carbons (Fsp3) is 0.412. The molecule has 0 spiro atoms. The van der Waals surface area contributed by atoms with Crippen molar-refractivity contribution in [3.05, 3.63) is 41.6 Å². The van der Waals surface area contributed by atoms with Crippen LogP contribution in [0.2, 0.25) is 0 Å². The van der Waals surface area contributed by atoms with E-state index in [0.29, 0.717) is 23.8 Å². The summed E-state index contributed by atoms with van der Waals surface area (Å²) in [6.45, 7) is 7.90. The fourth-order valence-electron chi connectivity index (χ4n) is 2.16. The highest BCUT2D eigenvalue weighted by Gasteiger charge is 2.22.